The summed E-state index contributed by atoms with van der Waals surface area (Å²) in [6, 6.07) is 0.119. The molecule has 0 spiro atoms. The predicted octanol–water partition coefficient (Wildman–Crippen LogP) is -1.40. The predicted molar refractivity (Wildman–Crippen MR) is 48.1 cm³/mol. The van der Waals surface area contributed by atoms with Crippen LogP contribution < -0.4 is 16.0 Å². The summed E-state index contributed by atoms with van der Waals surface area (Å²) in [6.45, 7) is 0.854. The van der Waals surface area contributed by atoms with Crippen molar-refractivity contribution in [3.05, 3.63) is 0 Å². The number of carbonyl (C=O) groups is 2. The summed E-state index contributed by atoms with van der Waals surface area (Å²) in [5.41, 5.74) is 0. The lowest BCUT2D eigenvalue weighted by Gasteiger charge is -2.10. The number of amides is 2. The Labute approximate surface area is 77.3 Å². The SMILES string of the molecule is CNCC(=O)NCC1CCC(=O)N1. The van der Waals surface area contributed by atoms with E-state index < -0.39 is 0 Å². The molecule has 1 heterocycles. The first-order valence-corrected chi connectivity index (χ1v) is 4.43. The van der Waals surface area contributed by atoms with Gasteiger partial charge in [-0.2, -0.15) is 0 Å². The molecule has 0 aromatic carbocycles. The molecule has 1 aliphatic rings. The molecule has 0 aromatic heterocycles. The molecule has 5 heteroatoms. The quantitative estimate of drug-likeness (QED) is 0.504. The van der Waals surface area contributed by atoms with Crippen LogP contribution in [-0.4, -0.2) is 38.0 Å². The Morgan fingerprint density at radius 2 is 2.46 bits per heavy atom. The van der Waals surface area contributed by atoms with E-state index in [1.807, 2.05) is 0 Å². The van der Waals surface area contributed by atoms with E-state index in [0.717, 1.165) is 6.42 Å². The molecule has 13 heavy (non-hydrogen) atoms. The van der Waals surface area contributed by atoms with E-state index in [2.05, 4.69) is 16.0 Å². The zero-order valence-electron chi connectivity index (χ0n) is 7.72. The zero-order valence-corrected chi connectivity index (χ0v) is 7.72. The van der Waals surface area contributed by atoms with Crippen molar-refractivity contribution in [3.8, 4) is 0 Å². The van der Waals surface area contributed by atoms with Gasteiger partial charge in [-0.25, -0.2) is 0 Å². The normalized spacial score (nSPS) is 21.3. The van der Waals surface area contributed by atoms with E-state index in [1.165, 1.54) is 0 Å². The van der Waals surface area contributed by atoms with Crippen LogP contribution >= 0.6 is 0 Å². The van der Waals surface area contributed by atoms with Gasteiger partial charge in [0.05, 0.1) is 6.54 Å². The average molecular weight is 185 g/mol. The molecule has 74 valence electrons. The second-order valence-corrected chi connectivity index (χ2v) is 3.14. The first kappa shape index (κ1) is 9.98. The fourth-order valence-corrected chi connectivity index (χ4v) is 1.29. The molecule has 5 nitrogen and oxygen atoms in total. The van der Waals surface area contributed by atoms with Crippen LogP contribution in [0.15, 0.2) is 0 Å². The van der Waals surface area contributed by atoms with Crippen LogP contribution in [0.2, 0.25) is 0 Å². The van der Waals surface area contributed by atoms with Gasteiger partial charge in [0, 0.05) is 19.0 Å². The van der Waals surface area contributed by atoms with Crippen LogP contribution in [0, 0.1) is 0 Å². The second-order valence-electron chi connectivity index (χ2n) is 3.14. The summed E-state index contributed by atoms with van der Waals surface area (Å²) < 4.78 is 0. The first-order chi connectivity index (χ1) is 6.22. The molecule has 1 unspecified atom stereocenters. The van der Waals surface area contributed by atoms with E-state index >= 15 is 0 Å². The van der Waals surface area contributed by atoms with Gasteiger partial charge in [-0.05, 0) is 13.5 Å². The molecule has 0 saturated carbocycles. The lowest BCUT2D eigenvalue weighted by Crippen LogP contribution is -2.41. The molecular weight excluding hydrogens is 170 g/mol. The minimum Gasteiger partial charge on any atom is -0.353 e. The fourth-order valence-electron chi connectivity index (χ4n) is 1.29. The largest absolute Gasteiger partial charge is 0.353 e. The van der Waals surface area contributed by atoms with Crippen molar-refractivity contribution in [2.75, 3.05) is 20.1 Å². The molecule has 0 aromatic rings. The van der Waals surface area contributed by atoms with E-state index in [1.54, 1.807) is 7.05 Å². The third kappa shape index (κ3) is 3.42. The van der Waals surface area contributed by atoms with Crippen molar-refractivity contribution in [1.82, 2.24) is 16.0 Å². The van der Waals surface area contributed by atoms with Gasteiger partial charge < -0.3 is 16.0 Å². The summed E-state index contributed by atoms with van der Waals surface area (Å²) >= 11 is 0. The Kier molecular flexibility index (Phi) is 3.70. The van der Waals surface area contributed by atoms with Crippen molar-refractivity contribution in [3.63, 3.8) is 0 Å². The van der Waals surface area contributed by atoms with Gasteiger partial charge in [0.15, 0.2) is 0 Å². The highest BCUT2D eigenvalue weighted by Crippen LogP contribution is 2.04. The Morgan fingerprint density at radius 3 is 3.00 bits per heavy atom. The Morgan fingerprint density at radius 1 is 1.69 bits per heavy atom. The Bertz CT molecular complexity index is 206. The summed E-state index contributed by atoms with van der Waals surface area (Å²) in [4.78, 5) is 21.8. The molecule has 0 bridgehead atoms. The number of hydrogen-bond acceptors (Lipinski definition) is 3. The Balaban J connectivity index is 2.12. The first-order valence-electron chi connectivity index (χ1n) is 4.43. The fraction of sp³-hybridized carbons (Fsp3) is 0.750. The van der Waals surface area contributed by atoms with Gasteiger partial charge in [-0.1, -0.05) is 0 Å². The van der Waals surface area contributed by atoms with E-state index in [4.69, 9.17) is 0 Å². The Hall–Kier alpha value is -1.10. The van der Waals surface area contributed by atoms with Crippen LogP contribution in [0.25, 0.3) is 0 Å². The lowest BCUT2D eigenvalue weighted by molar-refractivity contribution is -0.121. The van der Waals surface area contributed by atoms with E-state index in [0.29, 0.717) is 19.5 Å². The van der Waals surface area contributed by atoms with Crippen LogP contribution in [0.1, 0.15) is 12.8 Å². The van der Waals surface area contributed by atoms with E-state index in [-0.39, 0.29) is 17.9 Å². The van der Waals surface area contributed by atoms with Crippen LogP contribution in [0.4, 0.5) is 0 Å². The maximum Gasteiger partial charge on any atom is 0.234 e. The molecule has 0 radical (unpaired) electrons. The highest BCUT2D eigenvalue weighted by molar-refractivity contribution is 5.79. The van der Waals surface area contributed by atoms with Gasteiger partial charge in [0.2, 0.25) is 11.8 Å². The van der Waals surface area contributed by atoms with Gasteiger partial charge in [-0.3, -0.25) is 9.59 Å². The van der Waals surface area contributed by atoms with E-state index in [9.17, 15) is 9.59 Å². The zero-order chi connectivity index (χ0) is 9.68. The van der Waals surface area contributed by atoms with Crippen LogP contribution in [0.5, 0.6) is 0 Å². The topological polar surface area (TPSA) is 70.2 Å². The molecule has 1 rings (SSSR count). The highest BCUT2D eigenvalue weighted by atomic mass is 16.2. The monoisotopic (exact) mass is 185 g/mol. The molecule has 1 saturated heterocycles. The summed E-state index contributed by atoms with van der Waals surface area (Å²) in [6.07, 6.45) is 1.39. The highest BCUT2D eigenvalue weighted by Gasteiger charge is 2.20. The number of carbonyl (C=O) groups excluding carboxylic acids is 2. The third-order valence-electron chi connectivity index (χ3n) is 1.97. The van der Waals surface area contributed by atoms with Crippen molar-refractivity contribution in [2.45, 2.75) is 18.9 Å². The maximum atomic E-state index is 11.0. The van der Waals surface area contributed by atoms with Crippen LogP contribution in [-0.2, 0) is 9.59 Å². The van der Waals surface area contributed by atoms with Gasteiger partial charge in [0.25, 0.3) is 0 Å². The summed E-state index contributed by atoms with van der Waals surface area (Å²) in [5.74, 6) is 0.0384. The lowest BCUT2D eigenvalue weighted by atomic mass is 10.2. The second kappa shape index (κ2) is 4.81. The van der Waals surface area contributed by atoms with Gasteiger partial charge in [-0.15, -0.1) is 0 Å². The number of nitrogens with one attached hydrogen (secondary N) is 3. The summed E-state index contributed by atoms with van der Waals surface area (Å²) in [5, 5.41) is 8.26. The maximum absolute atomic E-state index is 11.0. The molecule has 1 atom stereocenters. The minimum absolute atomic E-state index is 0.0383. The third-order valence-corrected chi connectivity index (χ3v) is 1.97. The van der Waals surface area contributed by atoms with Crippen molar-refractivity contribution < 1.29 is 9.59 Å². The van der Waals surface area contributed by atoms with Gasteiger partial charge in [0.1, 0.15) is 0 Å². The number of hydrogen-bond donors (Lipinski definition) is 3. The van der Waals surface area contributed by atoms with Crippen molar-refractivity contribution in [2.24, 2.45) is 0 Å². The summed E-state index contributed by atoms with van der Waals surface area (Å²) in [7, 11) is 1.72. The average Bonchev–Trinajstić information content (AvgIpc) is 2.49. The molecule has 2 amide bonds. The van der Waals surface area contributed by atoms with Crippen molar-refractivity contribution in [1.29, 1.82) is 0 Å². The van der Waals surface area contributed by atoms with Crippen LogP contribution in [0.3, 0.4) is 0 Å². The molecule has 3 N–H and O–H groups in total. The molecule has 1 aliphatic heterocycles. The number of likely N-dealkylation sites (N-methyl/N-ethyl adjacent to an activating group) is 1. The van der Waals surface area contributed by atoms with Crippen molar-refractivity contribution >= 4 is 11.8 Å². The number of rotatable bonds is 4. The molecule has 0 aliphatic carbocycles. The smallest absolute Gasteiger partial charge is 0.234 e. The van der Waals surface area contributed by atoms with Gasteiger partial charge >= 0.3 is 0 Å². The molecule has 1 fully saturated rings. The molecular formula is C8H15N3O2. The standard InChI is InChI=1S/C8H15N3O2/c1-9-5-8(13)10-4-6-2-3-7(12)11-6/h6,9H,2-5H2,1H3,(H,10,13)(H,11,12). The minimum atomic E-state index is -0.0383.